The fourth-order valence-corrected chi connectivity index (χ4v) is 3.04. The third kappa shape index (κ3) is 3.67. The molecule has 0 radical (unpaired) electrons. The molecule has 0 aromatic heterocycles. The van der Waals surface area contributed by atoms with E-state index in [0.717, 1.165) is 0 Å². The van der Waals surface area contributed by atoms with Gasteiger partial charge in [-0.2, -0.15) is 0 Å². The van der Waals surface area contributed by atoms with Gasteiger partial charge in [0.1, 0.15) is 4.90 Å². The SMILES string of the molecule is O=S(=O)(NCCNC1CC1)c1ccccc1Cl. The number of hydrogen-bond donors (Lipinski definition) is 2. The highest BCUT2D eigenvalue weighted by atomic mass is 35.5. The highest BCUT2D eigenvalue weighted by Crippen LogP contribution is 2.20. The lowest BCUT2D eigenvalue weighted by molar-refractivity contribution is 0.575. The van der Waals surface area contributed by atoms with Crippen LogP contribution in [-0.4, -0.2) is 27.5 Å². The fraction of sp³-hybridized carbons (Fsp3) is 0.455. The van der Waals surface area contributed by atoms with Gasteiger partial charge in [0, 0.05) is 19.1 Å². The molecule has 2 rings (SSSR count). The summed E-state index contributed by atoms with van der Waals surface area (Å²) >= 11 is 5.85. The zero-order valence-corrected chi connectivity index (χ0v) is 10.9. The van der Waals surface area contributed by atoms with Crippen LogP contribution in [-0.2, 0) is 10.0 Å². The van der Waals surface area contributed by atoms with Gasteiger partial charge in [0.15, 0.2) is 0 Å². The van der Waals surface area contributed by atoms with Crippen molar-refractivity contribution in [2.45, 2.75) is 23.8 Å². The normalized spacial score (nSPS) is 16.1. The van der Waals surface area contributed by atoms with Crippen LogP contribution in [0.5, 0.6) is 0 Å². The number of sulfonamides is 1. The molecule has 94 valence electrons. The van der Waals surface area contributed by atoms with Crippen LogP contribution in [0.4, 0.5) is 0 Å². The van der Waals surface area contributed by atoms with Crippen molar-refractivity contribution in [2.24, 2.45) is 0 Å². The van der Waals surface area contributed by atoms with Gasteiger partial charge >= 0.3 is 0 Å². The van der Waals surface area contributed by atoms with E-state index in [-0.39, 0.29) is 9.92 Å². The Balaban J connectivity index is 1.91. The molecule has 2 N–H and O–H groups in total. The second kappa shape index (κ2) is 5.35. The molecule has 0 bridgehead atoms. The van der Waals surface area contributed by atoms with Gasteiger partial charge in [-0.1, -0.05) is 23.7 Å². The molecule has 4 nitrogen and oxygen atoms in total. The summed E-state index contributed by atoms with van der Waals surface area (Å²) in [6.07, 6.45) is 2.38. The number of hydrogen-bond acceptors (Lipinski definition) is 3. The number of rotatable bonds is 6. The Bertz CT molecular complexity index is 486. The molecule has 0 aliphatic heterocycles. The van der Waals surface area contributed by atoms with E-state index in [1.54, 1.807) is 18.2 Å². The Labute approximate surface area is 106 Å². The fourth-order valence-electron chi connectivity index (χ4n) is 1.49. The van der Waals surface area contributed by atoms with Gasteiger partial charge in [-0.25, -0.2) is 13.1 Å². The summed E-state index contributed by atoms with van der Waals surface area (Å²) in [6.45, 7) is 1.03. The van der Waals surface area contributed by atoms with E-state index >= 15 is 0 Å². The van der Waals surface area contributed by atoms with E-state index < -0.39 is 10.0 Å². The van der Waals surface area contributed by atoms with Gasteiger partial charge in [0.2, 0.25) is 10.0 Å². The molecule has 0 unspecified atom stereocenters. The van der Waals surface area contributed by atoms with E-state index in [1.165, 1.54) is 18.9 Å². The van der Waals surface area contributed by atoms with Gasteiger partial charge in [0.25, 0.3) is 0 Å². The van der Waals surface area contributed by atoms with Crippen LogP contribution in [0.2, 0.25) is 5.02 Å². The van der Waals surface area contributed by atoms with Gasteiger partial charge in [0.05, 0.1) is 5.02 Å². The van der Waals surface area contributed by atoms with Crippen molar-refractivity contribution in [3.05, 3.63) is 29.3 Å². The van der Waals surface area contributed by atoms with Crippen LogP contribution in [0.3, 0.4) is 0 Å². The first kappa shape index (κ1) is 12.8. The minimum atomic E-state index is -3.49. The van der Waals surface area contributed by atoms with Crippen molar-refractivity contribution in [2.75, 3.05) is 13.1 Å². The van der Waals surface area contributed by atoms with Crippen molar-refractivity contribution in [1.82, 2.24) is 10.0 Å². The molecule has 1 aliphatic rings. The first-order valence-electron chi connectivity index (χ1n) is 5.57. The largest absolute Gasteiger partial charge is 0.313 e. The van der Waals surface area contributed by atoms with E-state index in [2.05, 4.69) is 10.0 Å². The molecule has 1 aliphatic carbocycles. The Morgan fingerprint density at radius 2 is 1.94 bits per heavy atom. The number of halogens is 1. The molecule has 0 heterocycles. The van der Waals surface area contributed by atoms with Crippen LogP contribution >= 0.6 is 11.6 Å². The first-order chi connectivity index (χ1) is 8.09. The lowest BCUT2D eigenvalue weighted by atomic mass is 10.4. The molecular weight excluding hydrogens is 260 g/mol. The molecule has 0 saturated heterocycles. The van der Waals surface area contributed by atoms with E-state index in [0.29, 0.717) is 19.1 Å². The molecule has 1 fully saturated rings. The van der Waals surface area contributed by atoms with E-state index in [9.17, 15) is 8.42 Å². The second-order valence-corrected chi connectivity index (χ2v) is 6.20. The van der Waals surface area contributed by atoms with Crippen LogP contribution in [0.25, 0.3) is 0 Å². The summed E-state index contributed by atoms with van der Waals surface area (Å²) in [7, 11) is -3.49. The highest BCUT2D eigenvalue weighted by Gasteiger charge is 2.20. The molecule has 1 aromatic carbocycles. The third-order valence-electron chi connectivity index (χ3n) is 2.55. The summed E-state index contributed by atoms with van der Waals surface area (Å²) in [5.74, 6) is 0. The third-order valence-corrected chi connectivity index (χ3v) is 4.51. The van der Waals surface area contributed by atoms with Gasteiger partial charge in [-0.05, 0) is 25.0 Å². The van der Waals surface area contributed by atoms with Crippen LogP contribution in [0, 0.1) is 0 Å². The summed E-state index contributed by atoms with van der Waals surface area (Å²) < 4.78 is 26.3. The zero-order chi connectivity index (χ0) is 12.3. The molecule has 17 heavy (non-hydrogen) atoms. The molecule has 1 saturated carbocycles. The molecule has 6 heteroatoms. The molecule has 0 amide bonds. The monoisotopic (exact) mass is 274 g/mol. The predicted octanol–water partition coefficient (Wildman–Crippen LogP) is 1.37. The van der Waals surface area contributed by atoms with Crippen molar-refractivity contribution >= 4 is 21.6 Å². The Morgan fingerprint density at radius 1 is 1.24 bits per heavy atom. The minimum Gasteiger partial charge on any atom is -0.313 e. The Kier molecular flexibility index (Phi) is 4.04. The zero-order valence-electron chi connectivity index (χ0n) is 9.32. The number of benzene rings is 1. The standard InChI is InChI=1S/C11H15ClN2O2S/c12-10-3-1-2-4-11(10)17(15,16)14-8-7-13-9-5-6-9/h1-4,9,13-14H,5-8H2. The lowest BCUT2D eigenvalue weighted by Crippen LogP contribution is -2.32. The van der Waals surface area contributed by atoms with Crippen LogP contribution < -0.4 is 10.0 Å². The summed E-state index contributed by atoms with van der Waals surface area (Å²) in [5.41, 5.74) is 0. The van der Waals surface area contributed by atoms with E-state index in [4.69, 9.17) is 11.6 Å². The maximum absolute atomic E-state index is 11.9. The lowest BCUT2D eigenvalue weighted by Gasteiger charge is -2.08. The van der Waals surface area contributed by atoms with Crippen molar-refractivity contribution in [3.63, 3.8) is 0 Å². The van der Waals surface area contributed by atoms with Crippen molar-refractivity contribution < 1.29 is 8.42 Å². The van der Waals surface area contributed by atoms with Crippen molar-refractivity contribution in [1.29, 1.82) is 0 Å². The smallest absolute Gasteiger partial charge is 0.242 e. The topological polar surface area (TPSA) is 58.2 Å². The van der Waals surface area contributed by atoms with Crippen LogP contribution in [0.15, 0.2) is 29.2 Å². The number of nitrogens with one attached hydrogen (secondary N) is 2. The maximum Gasteiger partial charge on any atom is 0.242 e. The van der Waals surface area contributed by atoms with E-state index in [1.807, 2.05) is 0 Å². The van der Waals surface area contributed by atoms with Crippen molar-refractivity contribution in [3.8, 4) is 0 Å². The van der Waals surface area contributed by atoms with Gasteiger partial charge in [-0.15, -0.1) is 0 Å². The Hall–Kier alpha value is -0.620. The van der Waals surface area contributed by atoms with Crippen LogP contribution in [0.1, 0.15) is 12.8 Å². The second-order valence-electron chi connectivity index (χ2n) is 4.06. The predicted molar refractivity (Wildman–Crippen MR) is 67.7 cm³/mol. The average Bonchev–Trinajstić information content (AvgIpc) is 3.09. The molecule has 0 atom stereocenters. The molecular formula is C11H15ClN2O2S. The molecule has 1 aromatic rings. The van der Waals surface area contributed by atoms with Gasteiger partial charge in [-0.3, -0.25) is 0 Å². The average molecular weight is 275 g/mol. The summed E-state index contributed by atoms with van der Waals surface area (Å²) in [6, 6.07) is 7.01. The summed E-state index contributed by atoms with van der Waals surface area (Å²) in [4.78, 5) is 0.132. The Morgan fingerprint density at radius 3 is 2.59 bits per heavy atom. The molecule has 0 spiro atoms. The highest BCUT2D eigenvalue weighted by molar-refractivity contribution is 7.89. The maximum atomic E-state index is 11.9. The minimum absolute atomic E-state index is 0.132. The quantitative estimate of drug-likeness (QED) is 0.771. The first-order valence-corrected chi connectivity index (χ1v) is 7.43. The van der Waals surface area contributed by atoms with Gasteiger partial charge < -0.3 is 5.32 Å². The summed E-state index contributed by atoms with van der Waals surface area (Å²) in [5, 5.41) is 3.48.